The second kappa shape index (κ2) is 15.3. The molecule has 274 valence electrons. The number of aryl methyl sites for hydroxylation is 4. The minimum Gasteiger partial charge on any atom is -0.398 e. The minimum atomic E-state index is -0.551. The summed E-state index contributed by atoms with van der Waals surface area (Å²) >= 11 is 0. The molecule has 1 aromatic carbocycles. The number of benzene rings is 1. The fourth-order valence-electron chi connectivity index (χ4n) is 9.19. The maximum Gasteiger partial charge on any atom is 0.136 e. The molecule has 0 radical (unpaired) electrons. The van der Waals surface area contributed by atoms with Crippen molar-refractivity contribution < 1.29 is 4.39 Å². The van der Waals surface area contributed by atoms with E-state index in [0.29, 0.717) is 17.8 Å². The summed E-state index contributed by atoms with van der Waals surface area (Å²) in [5, 5.41) is 15.0. The van der Waals surface area contributed by atoms with Crippen LogP contribution in [-0.4, -0.2) is 61.0 Å². The van der Waals surface area contributed by atoms with Crippen LogP contribution in [0.3, 0.4) is 0 Å². The van der Waals surface area contributed by atoms with E-state index in [9.17, 15) is 9.65 Å². The van der Waals surface area contributed by atoms with Crippen LogP contribution in [0.5, 0.6) is 0 Å². The first-order chi connectivity index (χ1) is 25.2. The maximum atomic E-state index is 12.8. The topological polar surface area (TPSA) is 113 Å². The molecule has 8 rings (SSSR count). The van der Waals surface area contributed by atoms with Crippen LogP contribution in [0.4, 0.5) is 15.9 Å². The van der Waals surface area contributed by atoms with E-state index >= 15 is 0 Å². The molecule has 6 heterocycles. The summed E-state index contributed by atoms with van der Waals surface area (Å²) in [6.07, 6.45) is 11.9. The van der Waals surface area contributed by atoms with E-state index in [4.69, 9.17) is 20.8 Å². The second-order valence-electron chi connectivity index (χ2n) is 15.4. The van der Waals surface area contributed by atoms with Crippen LogP contribution in [0.2, 0.25) is 0 Å². The highest BCUT2D eigenvalue weighted by atomic mass is 19.1. The first-order valence-electron chi connectivity index (χ1n) is 19.6. The molecule has 2 fully saturated rings. The fraction of sp³-hybridized carbons (Fsp3) is 0.548. The Morgan fingerprint density at radius 1 is 1.06 bits per heavy atom. The highest BCUT2D eigenvalue weighted by Crippen LogP contribution is 2.41. The fourth-order valence-corrected chi connectivity index (χ4v) is 9.19. The van der Waals surface area contributed by atoms with Crippen LogP contribution in [0, 0.1) is 11.3 Å². The molecular formula is C42H54FN9. The monoisotopic (exact) mass is 703 g/mol. The quantitative estimate of drug-likeness (QED) is 0.197. The van der Waals surface area contributed by atoms with Gasteiger partial charge in [0.1, 0.15) is 29.6 Å². The van der Waals surface area contributed by atoms with Crippen molar-refractivity contribution in [1.29, 1.82) is 5.26 Å². The van der Waals surface area contributed by atoms with Gasteiger partial charge in [-0.15, -0.1) is 0 Å². The summed E-state index contributed by atoms with van der Waals surface area (Å²) in [5.41, 5.74) is 16.9. The number of hydrogen-bond donors (Lipinski definition) is 1. The summed E-state index contributed by atoms with van der Waals surface area (Å²) in [6.45, 7) is 13.0. The second-order valence-corrected chi connectivity index (χ2v) is 15.4. The maximum absolute atomic E-state index is 12.8. The summed E-state index contributed by atoms with van der Waals surface area (Å²) < 4.78 is 15.0. The Bertz CT molecular complexity index is 1950. The molecule has 2 saturated heterocycles. The van der Waals surface area contributed by atoms with E-state index < -0.39 is 6.17 Å². The van der Waals surface area contributed by atoms with E-state index in [2.05, 4.69) is 71.4 Å². The highest BCUT2D eigenvalue weighted by Gasteiger charge is 2.44. The molecule has 4 aromatic rings. The number of halogens is 1. The molecule has 3 atom stereocenters. The standard InChI is InChI=1S/C34H40N8.C8H14FN/c1-4-9-23-12-14-28(36)27(20-35)32(23)24-11-13-26-29(18-24)38-31(6-3)39-34(26)41-16-8-17-42-25(21-41)19-30(40-42)33-22(5-2)10-7-15-37-33;1-8-3-2-4-10(8)6-7(9)5-8/h7,10,12,14-15,19,24H,4-6,8-9,11,13,16-18,21,36H2,1-3H3;7H,2-6H2,1H3. The third kappa shape index (κ3) is 7.04. The van der Waals surface area contributed by atoms with Gasteiger partial charge in [0.2, 0.25) is 0 Å². The number of pyridine rings is 1. The largest absolute Gasteiger partial charge is 0.398 e. The lowest BCUT2D eigenvalue weighted by atomic mass is 9.78. The van der Waals surface area contributed by atoms with Gasteiger partial charge >= 0.3 is 0 Å². The number of rotatable bonds is 7. The number of nitriles is 1. The number of hydrogen-bond acceptors (Lipinski definition) is 8. The lowest BCUT2D eigenvalue weighted by Crippen LogP contribution is -2.34. The molecule has 9 nitrogen and oxygen atoms in total. The van der Waals surface area contributed by atoms with Gasteiger partial charge in [-0.1, -0.05) is 39.3 Å². The predicted molar refractivity (Wildman–Crippen MR) is 205 cm³/mol. The molecule has 1 aliphatic carbocycles. The summed E-state index contributed by atoms with van der Waals surface area (Å²) in [6, 6.07) is 12.8. The van der Waals surface area contributed by atoms with Crippen molar-refractivity contribution in [1.82, 2.24) is 29.6 Å². The van der Waals surface area contributed by atoms with Crippen LogP contribution in [0.25, 0.3) is 11.4 Å². The first-order valence-corrected chi connectivity index (χ1v) is 19.6. The molecule has 0 spiro atoms. The van der Waals surface area contributed by atoms with E-state index in [0.717, 1.165) is 118 Å². The number of nitrogens with zero attached hydrogens (tertiary/aromatic N) is 8. The minimum absolute atomic E-state index is 0.226. The van der Waals surface area contributed by atoms with Gasteiger partial charge in [-0.2, -0.15) is 10.4 Å². The average Bonchev–Trinajstić information content (AvgIpc) is 3.76. The van der Waals surface area contributed by atoms with Gasteiger partial charge in [0.15, 0.2) is 0 Å². The van der Waals surface area contributed by atoms with Crippen LogP contribution in [0.15, 0.2) is 36.5 Å². The van der Waals surface area contributed by atoms with Crippen molar-refractivity contribution in [3.8, 4) is 17.5 Å². The number of fused-ring (bicyclic) bond motifs is 3. The molecule has 4 aliphatic rings. The zero-order chi connectivity index (χ0) is 36.4. The Hall–Kier alpha value is -4.36. The summed E-state index contributed by atoms with van der Waals surface area (Å²) in [5.74, 6) is 2.18. The third-order valence-electron chi connectivity index (χ3n) is 11.8. The molecular weight excluding hydrogens is 650 g/mol. The zero-order valence-corrected chi connectivity index (χ0v) is 31.5. The van der Waals surface area contributed by atoms with Gasteiger partial charge in [-0.25, -0.2) is 14.4 Å². The summed E-state index contributed by atoms with van der Waals surface area (Å²) in [4.78, 5) is 19.6. The van der Waals surface area contributed by atoms with Crippen LogP contribution in [0.1, 0.15) is 117 Å². The van der Waals surface area contributed by atoms with Gasteiger partial charge in [-0.05, 0) is 112 Å². The zero-order valence-electron chi connectivity index (χ0n) is 31.5. The Morgan fingerprint density at radius 2 is 1.92 bits per heavy atom. The molecule has 0 amide bonds. The Balaban J connectivity index is 0.000000360. The number of alkyl halides is 1. The third-order valence-corrected chi connectivity index (χ3v) is 11.8. The van der Waals surface area contributed by atoms with Crippen LogP contribution in [-0.2, 0) is 45.2 Å². The summed E-state index contributed by atoms with van der Waals surface area (Å²) in [7, 11) is 0. The van der Waals surface area contributed by atoms with E-state index in [-0.39, 0.29) is 11.5 Å². The number of aromatic nitrogens is 5. The van der Waals surface area contributed by atoms with Gasteiger partial charge in [0.05, 0.1) is 29.2 Å². The number of anilines is 2. The van der Waals surface area contributed by atoms with Crippen LogP contribution < -0.4 is 10.6 Å². The average molecular weight is 704 g/mol. The van der Waals surface area contributed by atoms with Crippen molar-refractivity contribution in [3.05, 3.63) is 81.6 Å². The van der Waals surface area contributed by atoms with Crippen molar-refractivity contribution in [2.24, 2.45) is 0 Å². The lowest BCUT2D eigenvalue weighted by molar-refractivity contribution is 0.217. The smallest absolute Gasteiger partial charge is 0.136 e. The highest BCUT2D eigenvalue weighted by molar-refractivity contribution is 5.63. The van der Waals surface area contributed by atoms with Crippen molar-refractivity contribution >= 4 is 11.5 Å². The van der Waals surface area contributed by atoms with E-state index in [1.165, 1.54) is 35.2 Å². The van der Waals surface area contributed by atoms with Crippen molar-refractivity contribution in [2.45, 2.75) is 129 Å². The lowest BCUT2D eigenvalue weighted by Gasteiger charge is -2.31. The normalized spacial score (nSPS) is 22.5. The van der Waals surface area contributed by atoms with Gasteiger partial charge < -0.3 is 10.6 Å². The molecule has 3 aliphatic heterocycles. The molecule has 2 N–H and O–H groups in total. The Morgan fingerprint density at radius 3 is 2.69 bits per heavy atom. The molecule has 10 heteroatoms. The SMILES string of the molecule is CC12CCCN1CC(F)C2.CCCc1ccc(N)c(C#N)c1C1CCc2c(nc(CC)nc2N2CCCn3nc(-c4ncccc4CC)cc3C2)C1. The van der Waals surface area contributed by atoms with Gasteiger partial charge in [0.25, 0.3) is 0 Å². The molecule has 0 saturated carbocycles. The van der Waals surface area contributed by atoms with Gasteiger partial charge in [0, 0.05) is 49.0 Å². The van der Waals surface area contributed by atoms with E-state index in [1.54, 1.807) is 0 Å². The number of nitrogens with two attached hydrogens (primary N) is 1. The predicted octanol–water partition coefficient (Wildman–Crippen LogP) is 7.53. The molecule has 3 aromatic heterocycles. The van der Waals surface area contributed by atoms with E-state index in [1.807, 2.05) is 18.3 Å². The van der Waals surface area contributed by atoms with Crippen molar-refractivity contribution in [3.63, 3.8) is 0 Å². The molecule has 0 bridgehead atoms. The van der Waals surface area contributed by atoms with Crippen molar-refractivity contribution in [2.75, 3.05) is 30.3 Å². The first kappa shape index (κ1) is 36.0. The van der Waals surface area contributed by atoms with Crippen LogP contribution >= 0.6 is 0 Å². The Kier molecular flexibility index (Phi) is 10.6. The number of nitrogen functional groups attached to an aromatic ring is 1. The Labute approximate surface area is 308 Å². The molecule has 3 unspecified atom stereocenters. The van der Waals surface area contributed by atoms with Gasteiger partial charge in [-0.3, -0.25) is 14.6 Å². The molecule has 52 heavy (non-hydrogen) atoms.